The largest absolute Gasteiger partial charge is 0.370 e. The van der Waals surface area contributed by atoms with Gasteiger partial charge in [0.05, 0.1) is 19.3 Å². The average Bonchev–Trinajstić information content (AvgIpc) is 3.02. The smallest absolute Gasteiger partial charge is 0.189 e. The molecule has 1 fully saturated rings. The van der Waals surface area contributed by atoms with Crippen molar-refractivity contribution in [2.45, 2.75) is 51.2 Å². The summed E-state index contributed by atoms with van der Waals surface area (Å²) in [6, 6.07) is 10.8. The van der Waals surface area contributed by atoms with Gasteiger partial charge in [0.2, 0.25) is 0 Å². The van der Waals surface area contributed by atoms with Crippen LogP contribution in [-0.4, -0.2) is 21.8 Å². The number of nitrogens with zero attached hydrogens (tertiary/aromatic N) is 3. The van der Waals surface area contributed by atoms with Crippen LogP contribution in [0.5, 0.6) is 0 Å². The molecule has 0 aliphatic heterocycles. The summed E-state index contributed by atoms with van der Waals surface area (Å²) in [4.78, 5) is 4.44. The highest BCUT2D eigenvalue weighted by atomic mass is 15.3. The molecule has 3 N–H and O–H groups in total. The lowest BCUT2D eigenvalue weighted by molar-refractivity contribution is 0.412. The van der Waals surface area contributed by atoms with Crippen molar-refractivity contribution in [1.82, 2.24) is 15.1 Å². The van der Waals surface area contributed by atoms with Gasteiger partial charge < -0.3 is 11.1 Å². The molecule has 0 radical (unpaired) electrons. The van der Waals surface area contributed by atoms with Crippen molar-refractivity contribution in [3.63, 3.8) is 0 Å². The van der Waals surface area contributed by atoms with Crippen LogP contribution < -0.4 is 11.1 Å². The van der Waals surface area contributed by atoms with Crippen molar-refractivity contribution in [3.05, 3.63) is 53.9 Å². The number of hydrogen-bond donors (Lipinski definition) is 2. The van der Waals surface area contributed by atoms with E-state index in [1.165, 1.54) is 37.7 Å². The fourth-order valence-electron chi connectivity index (χ4n) is 3.02. The molecule has 122 valence electrons. The maximum absolute atomic E-state index is 5.99. The van der Waals surface area contributed by atoms with Gasteiger partial charge in [-0.25, -0.2) is 4.99 Å². The Labute approximate surface area is 137 Å². The molecule has 0 spiro atoms. The third-order valence-electron chi connectivity index (χ3n) is 4.26. The fourth-order valence-corrected chi connectivity index (χ4v) is 3.02. The molecule has 1 aromatic heterocycles. The second-order valence-electron chi connectivity index (χ2n) is 6.21. The fraction of sp³-hybridized carbons (Fsp3) is 0.444. The Hall–Kier alpha value is -2.30. The monoisotopic (exact) mass is 311 g/mol. The summed E-state index contributed by atoms with van der Waals surface area (Å²) in [5, 5.41) is 7.73. The summed E-state index contributed by atoms with van der Waals surface area (Å²) in [5.74, 6) is 0.549. The Morgan fingerprint density at radius 3 is 2.74 bits per heavy atom. The van der Waals surface area contributed by atoms with Gasteiger partial charge in [-0.3, -0.25) is 4.68 Å². The molecule has 0 saturated heterocycles. The SMILES string of the molecule is NC(=NCc1cnn(Cc2ccccc2)c1)NC1CCCCC1. The van der Waals surface area contributed by atoms with Crippen molar-refractivity contribution in [2.24, 2.45) is 10.7 Å². The van der Waals surface area contributed by atoms with E-state index < -0.39 is 0 Å². The predicted molar refractivity (Wildman–Crippen MR) is 93.1 cm³/mol. The Morgan fingerprint density at radius 1 is 1.17 bits per heavy atom. The molecule has 0 amide bonds. The van der Waals surface area contributed by atoms with Gasteiger partial charge in [0, 0.05) is 17.8 Å². The highest BCUT2D eigenvalue weighted by Gasteiger charge is 2.13. The van der Waals surface area contributed by atoms with E-state index in [4.69, 9.17) is 5.73 Å². The molecule has 5 heteroatoms. The van der Waals surface area contributed by atoms with Gasteiger partial charge in [-0.2, -0.15) is 5.10 Å². The second-order valence-corrected chi connectivity index (χ2v) is 6.21. The first-order chi connectivity index (χ1) is 11.3. The Morgan fingerprint density at radius 2 is 1.96 bits per heavy atom. The van der Waals surface area contributed by atoms with Gasteiger partial charge in [0.1, 0.15) is 0 Å². The van der Waals surface area contributed by atoms with Crippen molar-refractivity contribution >= 4 is 5.96 Å². The van der Waals surface area contributed by atoms with Crippen LogP contribution in [-0.2, 0) is 13.1 Å². The Kier molecular flexibility index (Phi) is 5.29. The van der Waals surface area contributed by atoms with Crippen molar-refractivity contribution in [1.29, 1.82) is 0 Å². The topological polar surface area (TPSA) is 68.2 Å². The first-order valence-electron chi connectivity index (χ1n) is 8.41. The highest BCUT2D eigenvalue weighted by molar-refractivity contribution is 5.78. The molecule has 2 aromatic rings. The summed E-state index contributed by atoms with van der Waals surface area (Å²) < 4.78 is 1.94. The second kappa shape index (κ2) is 7.81. The lowest BCUT2D eigenvalue weighted by atomic mass is 9.96. The van der Waals surface area contributed by atoms with Gasteiger partial charge in [0.15, 0.2) is 5.96 Å². The van der Waals surface area contributed by atoms with Crippen LogP contribution in [0.2, 0.25) is 0 Å². The molecule has 0 atom stereocenters. The highest BCUT2D eigenvalue weighted by Crippen LogP contribution is 2.17. The number of benzene rings is 1. The number of guanidine groups is 1. The third-order valence-corrected chi connectivity index (χ3v) is 4.26. The molecular weight excluding hydrogens is 286 g/mol. The van der Waals surface area contributed by atoms with E-state index in [0.29, 0.717) is 18.5 Å². The first-order valence-corrected chi connectivity index (χ1v) is 8.41. The number of rotatable bonds is 5. The van der Waals surface area contributed by atoms with E-state index in [1.54, 1.807) is 0 Å². The minimum atomic E-state index is 0.494. The molecule has 0 unspecified atom stereocenters. The van der Waals surface area contributed by atoms with Crippen molar-refractivity contribution in [3.8, 4) is 0 Å². The molecule has 23 heavy (non-hydrogen) atoms. The molecular formula is C18H25N5. The maximum atomic E-state index is 5.99. The zero-order valence-corrected chi connectivity index (χ0v) is 13.5. The molecule has 1 aliphatic rings. The van der Waals surface area contributed by atoms with Crippen LogP contribution >= 0.6 is 0 Å². The van der Waals surface area contributed by atoms with Crippen LogP contribution in [0.1, 0.15) is 43.2 Å². The van der Waals surface area contributed by atoms with Gasteiger partial charge in [0.25, 0.3) is 0 Å². The molecule has 3 rings (SSSR count). The van der Waals surface area contributed by atoms with E-state index in [0.717, 1.165) is 12.1 Å². The van der Waals surface area contributed by atoms with Gasteiger partial charge in [-0.15, -0.1) is 0 Å². The van der Waals surface area contributed by atoms with E-state index in [9.17, 15) is 0 Å². The molecule has 5 nitrogen and oxygen atoms in total. The summed E-state index contributed by atoms with van der Waals surface area (Å²) in [5.41, 5.74) is 8.31. The normalized spacial score (nSPS) is 16.4. The van der Waals surface area contributed by atoms with Crippen LogP contribution in [0, 0.1) is 0 Å². The molecule has 0 bridgehead atoms. The quantitative estimate of drug-likeness (QED) is 0.659. The van der Waals surface area contributed by atoms with Crippen LogP contribution in [0.4, 0.5) is 0 Å². The number of aromatic nitrogens is 2. The summed E-state index contributed by atoms with van der Waals surface area (Å²) in [6.07, 6.45) is 10.2. The minimum absolute atomic E-state index is 0.494. The maximum Gasteiger partial charge on any atom is 0.189 e. The van der Waals surface area contributed by atoms with E-state index in [2.05, 4.69) is 27.5 Å². The number of aliphatic imine (C=N–C) groups is 1. The number of nitrogens with two attached hydrogens (primary N) is 1. The average molecular weight is 311 g/mol. The van der Waals surface area contributed by atoms with Crippen molar-refractivity contribution < 1.29 is 0 Å². The third kappa shape index (κ3) is 4.84. The Bertz CT molecular complexity index is 626. The standard InChI is InChI=1S/C18H25N5/c19-18(22-17-9-5-2-6-10-17)20-11-16-12-21-23(14-16)13-15-7-3-1-4-8-15/h1,3-4,7-8,12,14,17H,2,5-6,9-11,13H2,(H3,19,20,22). The zero-order chi connectivity index (χ0) is 15.9. The lowest BCUT2D eigenvalue weighted by Crippen LogP contribution is -2.41. The van der Waals surface area contributed by atoms with Gasteiger partial charge in [-0.05, 0) is 18.4 Å². The molecule has 1 heterocycles. The van der Waals surface area contributed by atoms with E-state index in [1.807, 2.05) is 35.3 Å². The zero-order valence-electron chi connectivity index (χ0n) is 13.5. The summed E-state index contributed by atoms with van der Waals surface area (Å²) in [7, 11) is 0. The van der Waals surface area contributed by atoms with Gasteiger partial charge in [-0.1, -0.05) is 49.6 Å². The number of nitrogens with one attached hydrogen (secondary N) is 1. The van der Waals surface area contributed by atoms with Crippen LogP contribution in [0.25, 0.3) is 0 Å². The molecule has 1 saturated carbocycles. The Balaban J connectivity index is 1.51. The van der Waals surface area contributed by atoms with Gasteiger partial charge >= 0.3 is 0 Å². The predicted octanol–water partition coefficient (Wildman–Crippen LogP) is 2.67. The van der Waals surface area contributed by atoms with Crippen LogP contribution in [0.3, 0.4) is 0 Å². The first kappa shape index (κ1) is 15.6. The summed E-state index contributed by atoms with van der Waals surface area (Å²) in [6.45, 7) is 1.35. The minimum Gasteiger partial charge on any atom is -0.370 e. The van der Waals surface area contributed by atoms with E-state index >= 15 is 0 Å². The molecule has 1 aromatic carbocycles. The lowest BCUT2D eigenvalue weighted by Gasteiger charge is -2.23. The van der Waals surface area contributed by atoms with Crippen molar-refractivity contribution in [2.75, 3.05) is 0 Å². The molecule has 1 aliphatic carbocycles. The van der Waals surface area contributed by atoms with Crippen LogP contribution in [0.15, 0.2) is 47.7 Å². The summed E-state index contributed by atoms with van der Waals surface area (Å²) >= 11 is 0. The van der Waals surface area contributed by atoms with E-state index in [-0.39, 0.29) is 0 Å². The number of hydrogen-bond acceptors (Lipinski definition) is 2.